The molecule has 0 spiro atoms. The molecular weight excluding hydrogens is 638 g/mol. The Morgan fingerprint density at radius 3 is 2.07 bits per heavy atom. The maximum absolute atomic E-state index is 13.4. The molecule has 4 aromatic carbocycles. The van der Waals surface area contributed by atoms with Crippen LogP contribution in [0.25, 0.3) is 17.4 Å². The van der Waals surface area contributed by atoms with Crippen LogP contribution in [0.15, 0.2) is 141 Å². The van der Waals surface area contributed by atoms with Crippen molar-refractivity contribution in [1.29, 1.82) is 0 Å². The van der Waals surface area contributed by atoms with Crippen molar-refractivity contribution in [2.45, 2.75) is 17.1 Å². The van der Waals surface area contributed by atoms with Crippen molar-refractivity contribution in [3.05, 3.63) is 143 Å². The van der Waals surface area contributed by atoms with Crippen LogP contribution < -0.4 is 16.0 Å². The molecule has 3 amide bonds. The topological polar surface area (TPSA) is 100 Å². The Morgan fingerprint density at radius 1 is 0.750 bits per heavy atom. The van der Waals surface area contributed by atoms with Crippen molar-refractivity contribution in [2.24, 2.45) is 0 Å². The molecule has 0 radical (unpaired) electrons. The SMILES string of the molecule is C[C@@H](Sc1ccc(NC(=O)/C(=C/c2ccc(-c3ccc(Br)cc3)o2)NC(=O)c2ccccc2)cc1)C(=O)Nc1ccccc1. The molecule has 0 bridgehead atoms. The van der Waals surface area contributed by atoms with E-state index in [0.717, 1.165) is 20.6 Å². The molecule has 1 atom stereocenters. The summed E-state index contributed by atoms with van der Waals surface area (Å²) in [6, 6.07) is 36.3. The molecule has 1 heterocycles. The Bertz CT molecular complexity index is 1770. The summed E-state index contributed by atoms with van der Waals surface area (Å²) in [7, 11) is 0. The summed E-state index contributed by atoms with van der Waals surface area (Å²) in [5.41, 5.74) is 2.56. The quantitative estimate of drug-likeness (QED) is 0.103. The molecule has 5 rings (SSSR count). The van der Waals surface area contributed by atoms with Crippen LogP contribution in [0.2, 0.25) is 0 Å². The minimum atomic E-state index is -0.521. The normalized spacial score (nSPS) is 11.8. The average Bonchev–Trinajstić information content (AvgIpc) is 3.51. The summed E-state index contributed by atoms with van der Waals surface area (Å²) < 4.78 is 6.93. The molecule has 0 saturated heterocycles. The fourth-order valence-electron chi connectivity index (χ4n) is 4.12. The number of carbonyl (C=O) groups excluding carboxylic acids is 3. The van der Waals surface area contributed by atoms with Gasteiger partial charge >= 0.3 is 0 Å². The molecule has 5 aromatic rings. The van der Waals surface area contributed by atoms with E-state index in [1.54, 1.807) is 48.5 Å². The second kappa shape index (κ2) is 14.5. The zero-order valence-corrected chi connectivity index (χ0v) is 26.0. The van der Waals surface area contributed by atoms with E-state index in [4.69, 9.17) is 4.42 Å². The molecule has 0 aliphatic heterocycles. The van der Waals surface area contributed by atoms with Gasteiger partial charge in [-0.15, -0.1) is 11.8 Å². The predicted octanol–water partition coefficient (Wildman–Crippen LogP) is 8.24. The number of anilines is 2. The Morgan fingerprint density at radius 2 is 1.39 bits per heavy atom. The van der Waals surface area contributed by atoms with E-state index >= 15 is 0 Å². The maximum Gasteiger partial charge on any atom is 0.272 e. The lowest BCUT2D eigenvalue weighted by atomic mass is 10.2. The van der Waals surface area contributed by atoms with Gasteiger partial charge in [-0.3, -0.25) is 14.4 Å². The van der Waals surface area contributed by atoms with Crippen LogP contribution in [0.5, 0.6) is 0 Å². The van der Waals surface area contributed by atoms with Gasteiger partial charge in [0, 0.05) is 37.9 Å². The second-order valence-corrected chi connectivity index (χ2v) is 12.0. The lowest BCUT2D eigenvalue weighted by Gasteiger charge is -2.13. The van der Waals surface area contributed by atoms with Crippen LogP contribution in [0.3, 0.4) is 0 Å². The Hall–Kier alpha value is -4.86. The van der Waals surface area contributed by atoms with Gasteiger partial charge in [0.2, 0.25) is 5.91 Å². The summed E-state index contributed by atoms with van der Waals surface area (Å²) in [4.78, 5) is 39.9. The van der Waals surface area contributed by atoms with Gasteiger partial charge in [-0.05, 0) is 79.7 Å². The van der Waals surface area contributed by atoms with E-state index in [1.807, 2.05) is 79.7 Å². The first-order chi connectivity index (χ1) is 21.3. The lowest BCUT2D eigenvalue weighted by molar-refractivity contribution is -0.115. The average molecular weight is 667 g/mol. The number of carbonyl (C=O) groups is 3. The van der Waals surface area contributed by atoms with E-state index < -0.39 is 11.8 Å². The number of hydrogen-bond acceptors (Lipinski definition) is 5. The highest BCUT2D eigenvalue weighted by molar-refractivity contribution is 9.10. The van der Waals surface area contributed by atoms with Crippen molar-refractivity contribution in [1.82, 2.24) is 5.32 Å². The summed E-state index contributed by atoms with van der Waals surface area (Å²) >= 11 is 4.84. The maximum atomic E-state index is 13.4. The molecule has 3 N–H and O–H groups in total. The zero-order chi connectivity index (χ0) is 30.9. The smallest absolute Gasteiger partial charge is 0.272 e. The number of halogens is 1. The van der Waals surface area contributed by atoms with Gasteiger partial charge < -0.3 is 20.4 Å². The Kier molecular flexibility index (Phi) is 10.1. The van der Waals surface area contributed by atoms with Crippen molar-refractivity contribution < 1.29 is 18.8 Å². The summed E-state index contributed by atoms with van der Waals surface area (Å²) in [6.45, 7) is 1.84. The van der Waals surface area contributed by atoms with Crippen molar-refractivity contribution in [3.8, 4) is 11.3 Å². The van der Waals surface area contributed by atoms with E-state index in [2.05, 4.69) is 31.9 Å². The molecule has 0 saturated carbocycles. The minimum Gasteiger partial charge on any atom is -0.457 e. The lowest BCUT2D eigenvalue weighted by Crippen LogP contribution is -2.30. The van der Waals surface area contributed by atoms with Gasteiger partial charge in [0.05, 0.1) is 5.25 Å². The van der Waals surface area contributed by atoms with E-state index in [1.165, 1.54) is 17.8 Å². The number of thioether (sulfide) groups is 1. The summed E-state index contributed by atoms with van der Waals surface area (Å²) in [5, 5.41) is 8.13. The number of furan rings is 1. The monoisotopic (exact) mass is 665 g/mol. The molecule has 0 aliphatic carbocycles. The highest BCUT2D eigenvalue weighted by Gasteiger charge is 2.18. The molecule has 44 heavy (non-hydrogen) atoms. The Balaban J connectivity index is 1.29. The van der Waals surface area contributed by atoms with Gasteiger partial charge in [-0.25, -0.2) is 0 Å². The minimum absolute atomic E-state index is 0.0141. The molecule has 0 fully saturated rings. The van der Waals surface area contributed by atoms with Crippen molar-refractivity contribution >= 4 is 62.9 Å². The molecular formula is C35H28BrN3O4S. The van der Waals surface area contributed by atoms with Crippen LogP contribution in [0.1, 0.15) is 23.0 Å². The number of nitrogens with one attached hydrogen (secondary N) is 3. The number of benzene rings is 4. The first-order valence-corrected chi connectivity index (χ1v) is 15.4. The predicted molar refractivity (Wildman–Crippen MR) is 179 cm³/mol. The van der Waals surface area contributed by atoms with Gasteiger partial charge in [-0.1, -0.05) is 64.5 Å². The van der Waals surface area contributed by atoms with Gasteiger partial charge in [0.15, 0.2) is 0 Å². The first-order valence-electron chi connectivity index (χ1n) is 13.7. The number of amides is 3. The molecule has 0 aliphatic rings. The highest BCUT2D eigenvalue weighted by Crippen LogP contribution is 2.27. The van der Waals surface area contributed by atoms with E-state index in [9.17, 15) is 14.4 Å². The third-order valence-corrected chi connectivity index (χ3v) is 8.05. The molecule has 220 valence electrons. The zero-order valence-electron chi connectivity index (χ0n) is 23.6. The van der Waals surface area contributed by atoms with E-state index in [-0.39, 0.29) is 16.9 Å². The van der Waals surface area contributed by atoms with Crippen molar-refractivity contribution in [2.75, 3.05) is 10.6 Å². The van der Waals surface area contributed by atoms with Crippen LogP contribution in [-0.2, 0) is 9.59 Å². The molecule has 1 aromatic heterocycles. The third-order valence-electron chi connectivity index (χ3n) is 6.41. The molecule has 7 nitrogen and oxygen atoms in total. The van der Waals surface area contributed by atoms with Crippen molar-refractivity contribution in [3.63, 3.8) is 0 Å². The summed E-state index contributed by atoms with van der Waals surface area (Å²) in [5.74, 6) is -0.0366. The molecule has 9 heteroatoms. The van der Waals surface area contributed by atoms with Gasteiger partial charge in [0.1, 0.15) is 17.2 Å². The van der Waals surface area contributed by atoms with Gasteiger partial charge in [0.25, 0.3) is 11.8 Å². The van der Waals surface area contributed by atoms with Gasteiger partial charge in [-0.2, -0.15) is 0 Å². The first kappa shape index (κ1) is 30.6. The fraction of sp³-hybridized carbons (Fsp3) is 0.0571. The largest absolute Gasteiger partial charge is 0.457 e. The van der Waals surface area contributed by atoms with Crippen LogP contribution in [0.4, 0.5) is 11.4 Å². The number of hydrogen-bond donors (Lipinski definition) is 3. The highest BCUT2D eigenvalue weighted by atomic mass is 79.9. The molecule has 0 unspecified atom stereocenters. The summed E-state index contributed by atoms with van der Waals surface area (Å²) in [6.07, 6.45) is 1.50. The van der Waals surface area contributed by atoms with Crippen LogP contribution >= 0.6 is 27.7 Å². The standard InChI is InChI=1S/C35H28BrN3O4S/c1-23(33(40)37-27-10-6-3-7-11-27)44-30-19-16-28(17-20-30)38-35(42)31(39-34(41)25-8-4-2-5-9-25)22-29-18-21-32(43-29)24-12-14-26(36)15-13-24/h2-23H,1H3,(H,37,40)(H,38,42)(H,39,41)/b31-22-/t23-/m1/s1. The fourth-order valence-corrected chi connectivity index (χ4v) is 5.25. The van der Waals surface area contributed by atoms with Crippen LogP contribution in [0, 0.1) is 0 Å². The third kappa shape index (κ3) is 8.37. The second-order valence-electron chi connectivity index (χ2n) is 9.68. The Labute approximate surface area is 267 Å². The van der Waals surface area contributed by atoms with E-state index in [0.29, 0.717) is 22.8 Å². The number of para-hydroxylation sites is 1. The number of rotatable bonds is 10. The van der Waals surface area contributed by atoms with Crippen LogP contribution in [-0.4, -0.2) is 23.0 Å².